The van der Waals surface area contributed by atoms with Crippen LogP contribution < -0.4 is 43.8 Å². The first kappa shape index (κ1) is 42.2. The molecule has 0 aromatic heterocycles. The second-order valence-corrected chi connectivity index (χ2v) is 11.3. The van der Waals surface area contributed by atoms with Crippen LogP contribution in [-0.2, 0) is 52.7 Å². The van der Waals surface area contributed by atoms with E-state index in [-0.39, 0.29) is 19.4 Å². The molecule has 0 aromatic carbocycles. The van der Waals surface area contributed by atoms with Gasteiger partial charge in [0.05, 0.1) is 31.7 Å². The van der Waals surface area contributed by atoms with Crippen LogP contribution in [-0.4, -0.2) is 134 Å². The summed E-state index contributed by atoms with van der Waals surface area (Å²) in [6.45, 7) is 2.21. The highest BCUT2D eigenvalue weighted by Gasteiger charge is 2.40. The van der Waals surface area contributed by atoms with E-state index in [1.165, 1.54) is 6.92 Å². The minimum absolute atomic E-state index is 0.000599. The fourth-order valence-electron chi connectivity index (χ4n) is 4.60. The van der Waals surface area contributed by atoms with E-state index < -0.39 is 133 Å². The molecule has 1 saturated heterocycles. The minimum atomic E-state index is -1.85. The average Bonchev–Trinajstić information content (AvgIpc) is 3.48. The van der Waals surface area contributed by atoms with Gasteiger partial charge in [-0.3, -0.25) is 47.9 Å². The first-order chi connectivity index (χ1) is 23.1. The van der Waals surface area contributed by atoms with E-state index in [1.54, 1.807) is 0 Å². The van der Waals surface area contributed by atoms with Crippen LogP contribution in [0.2, 0.25) is 0 Å². The molecule has 23 nitrogen and oxygen atoms in total. The molecule has 50 heavy (non-hydrogen) atoms. The summed E-state index contributed by atoms with van der Waals surface area (Å²) in [6.07, 6.45) is -3.03. The van der Waals surface area contributed by atoms with Gasteiger partial charge in [0.1, 0.15) is 36.3 Å². The number of carbonyl (C=O) groups excluding carboxylic acids is 8. The number of amides is 8. The van der Waals surface area contributed by atoms with E-state index in [9.17, 15) is 57.8 Å². The maximum Gasteiger partial charge on any atom is 0.326 e. The summed E-state index contributed by atoms with van der Waals surface area (Å²) in [6, 6.07) is -10.9. The summed E-state index contributed by atoms with van der Waals surface area (Å²) in [5.74, 6) is -12.9. The zero-order chi connectivity index (χ0) is 38.5. The maximum absolute atomic E-state index is 13.5. The Labute approximate surface area is 283 Å². The molecule has 1 heterocycles. The summed E-state index contributed by atoms with van der Waals surface area (Å²) in [5.41, 5.74) is 15.8. The van der Waals surface area contributed by atoms with Crippen molar-refractivity contribution in [1.82, 2.24) is 31.5 Å². The Hall–Kier alpha value is -5.87. The molecule has 0 spiro atoms. The summed E-state index contributed by atoms with van der Waals surface area (Å²) >= 11 is 0. The van der Waals surface area contributed by atoms with E-state index in [0.717, 1.165) is 11.8 Å². The molecule has 14 N–H and O–H groups in total. The number of hydrogen-bond donors (Lipinski definition) is 11. The van der Waals surface area contributed by atoms with Gasteiger partial charge in [-0.25, -0.2) is 4.79 Å². The van der Waals surface area contributed by atoms with Crippen LogP contribution in [0, 0.1) is 0 Å². The van der Waals surface area contributed by atoms with Crippen LogP contribution in [0.15, 0.2) is 0 Å². The van der Waals surface area contributed by atoms with Crippen LogP contribution in [0.3, 0.4) is 0 Å². The number of nitrogens with two attached hydrogens (primary N) is 3. The van der Waals surface area contributed by atoms with Gasteiger partial charge in [0, 0.05) is 6.54 Å². The number of nitrogens with zero attached hydrogens (tertiary/aromatic N) is 1. The fraction of sp³-hybridized carbons (Fsp3) is 0.593. The largest absolute Gasteiger partial charge is 0.481 e. The van der Waals surface area contributed by atoms with Crippen LogP contribution in [0.4, 0.5) is 0 Å². The zero-order valence-corrected chi connectivity index (χ0v) is 27.0. The summed E-state index contributed by atoms with van der Waals surface area (Å²) in [4.78, 5) is 134. The van der Waals surface area contributed by atoms with Gasteiger partial charge in [0.15, 0.2) is 0 Å². The van der Waals surface area contributed by atoms with Crippen LogP contribution in [0.1, 0.15) is 52.4 Å². The quantitative estimate of drug-likeness (QED) is 0.0558. The molecule has 7 unspecified atom stereocenters. The molecule has 1 rings (SSSR count). The maximum atomic E-state index is 13.5. The fourth-order valence-corrected chi connectivity index (χ4v) is 4.60. The first-order valence-corrected chi connectivity index (χ1v) is 14.9. The van der Waals surface area contributed by atoms with E-state index in [0.29, 0.717) is 0 Å². The average molecular weight is 716 g/mol. The van der Waals surface area contributed by atoms with Crippen molar-refractivity contribution in [3.05, 3.63) is 0 Å². The zero-order valence-electron chi connectivity index (χ0n) is 27.0. The number of aliphatic carboxylic acids is 3. The molecule has 23 heteroatoms. The molecule has 1 aliphatic rings. The van der Waals surface area contributed by atoms with Gasteiger partial charge in [-0.15, -0.1) is 0 Å². The number of carboxylic acids is 3. The molecule has 1 fully saturated rings. The molecular weight excluding hydrogens is 674 g/mol. The van der Waals surface area contributed by atoms with Crippen molar-refractivity contribution in [2.45, 2.75) is 94.7 Å². The predicted molar refractivity (Wildman–Crippen MR) is 163 cm³/mol. The molecule has 0 radical (unpaired) electrons. The van der Waals surface area contributed by atoms with Crippen molar-refractivity contribution in [2.75, 3.05) is 6.54 Å². The number of likely N-dealkylation sites (tertiary alicyclic amines) is 1. The van der Waals surface area contributed by atoms with Gasteiger partial charge < -0.3 is 64.0 Å². The topological polar surface area (TPSA) is 390 Å². The molecule has 0 aliphatic carbocycles. The normalized spacial score (nSPS) is 17.3. The minimum Gasteiger partial charge on any atom is -0.481 e. The van der Waals surface area contributed by atoms with E-state index >= 15 is 0 Å². The van der Waals surface area contributed by atoms with E-state index in [2.05, 4.69) is 21.3 Å². The Morgan fingerprint density at radius 1 is 0.640 bits per heavy atom. The Bertz CT molecular complexity index is 1390. The predicted octanol–water partition coefficient (Wildman–Crippen LogP) is -6.45. The number of rotatable bonds is 20. The van der Waals surface area contributed by atoms with Crippen LogP contribution in [0.25, 0.3) is 0 Å². The number of nitrogens with one attached hydrogen (secondary N) is 5. The van der Waals surface area contributed by atoms with Gasteiger partial charge in [0.25, 0.3) is 0 Å². The lowest BCUT2D eigenvalue weighted by atomic mass is 10.1. The summed E-state index contributed by atoms with van der Waals surface area (Å²) < 4.78 is 0. The molecule has 1 aliphatic heterocycles. The lowest BCUT2D eigenvalue weighted by molar-refractivity contribution is -0.147. The molecule has 8 amide bonds. The van der Waals surface area contributed by atoms with Crippen LogP contribution >= 0.6 is 0 Å². The second-order valence-electron chi connectivity index (χ2n) is 11.3. The molecule has 0 bridgehead atoms. The van der Waals surface area contributed by atoms with Gasteiger partial charge in [0.2, 0.25) is 47.3 Å². The second kappa shape index (κ2) is 19.2. The first-order valence-electron chi connectivity index (χ1n) is 14.9. The summed E-state index contributed by atoms with van der Waals surface area (Å²) in [5, 5.41) is 38.0. The van der Waals surface area contributed by atoms with Crippen molar-refractivity contribution >= 4 is 65.2 Å². The molecule has 278 valence electrons. The highest BCUT2D eigenvalue weighted by molar-refractivity contribution is 5.99. The van der Waals surface area contributed by atoms with Crippen molar-refractivity contribution in [2.24, 2.45) is 17.2 Å². The highest BCUT2D eigenvalue weighted by Crippen LogP contribution is 2.20. The van der Waals surface area contributed by atoms with Crippen molar-refractivity contribution in [1.29, 1.82) is 0 Å². The van der Waals surface area contributed by atoms with Gasteiger partial charge >= 0.3 is 17.9 Å². The molecule has 7 atom stereocenters. The van der Waals surface area contributed by atoms with Crippen LogP contribution in [0.5, 0.6) is 0 Å². The lowest BCUT2D eigenvalue weighted by Gasteiger charge is -2.30. The number of hydrogen-bond acceptors (Lipinski definition) is 12. The monoisotopic (exact) mass is 715 g/mol. The van der Waals surface area contributed by atoms with E-state index in [1.807, 2.05) is 5.32 Å². The van der Waals surface area contributed by atoms with Gasteiger partial charge in [-0.2, -0.15) is 0 Å². The highest BCUT2D eigenvalue weighted by atomic mass is 16.4. The standard InChI is InChI=1S/C27H41N9O14/c1-10(31-23(45)12(28)6-17(29)37)21(43)34-14(7-18(30)38)26(48)36-5-3-4-16(36)25(47)33-13(8-19(39)40)24(46)32-11(2)22(44)35-15(27(49)50)9-20(41)42/h10-16H,3-9,28H2,1-2H3,(H2,29,37)(H2,30,38)(H,31,45)(H,32,46)(H,33,47)(H,34,43)(H,35,44)(H,39,40)(H,41,42)(H,49,50). The summed E-state index contributed by atoms with van der Waals surface area (Å²) in [7, 11) is 0. The Balaban J connectivity index is 3.07. The smallest absolute Gasteiger partial charge is 0.326 e. The van der Waals surface area contributed by atoms with Gasteiger partial charge in [-0.1, -0.05) is 0 Å². The molecule has 0 aromatic rings. The lowest BCUT2D eigenvalue weighted by Crippen LogP contribution is -2.59. The SMILES string of the molecule is CC(NC(=O)C(N)CC(N)=O)C(=O)NC(CC(N)=O)C(=O)N1CCCC1C(=O)NC(CC(=O)O)C(=O)NC(C)C(=O)NC(CC(=O)O)C(=O)O. The molecule has 0 saturated carbocycles. The Morgan fingerprint density at radius 2 is 1.12 bits per heavy atom. The Morgan fingerprint density at radius 3 is 1.60 bits per heavy atom. The van der Waals surface area contributed by atoms with Crippen molar-refractivity contribution in [3.63, 3.8) is 0 Å². The van der Waals surface area contributed by atoms with Crippen molar-refractivity contribution in [3.8, 4) is 0 Å². The number of carbonyl (C=O) groups is 11. The third kappa shape index (κ3) is 13.7. The van der Waals surface area contributed by atoms with Crippen molar-refractivity contribution < 1.29 is 68.1 Å². The third-order valence-corrected chi connectivity index (χ3v) is 7.13. The third-order valence-electron chi connectivity index (χ3n) is 7.13. The van der Waals surface area contributed by atoms with E-state index in [4.69, 9.17) is 27.4 Å². The van der Waals surface area contributed by atoms with Gasteiger partial charge in [-0.05, 0) is 26.7 Å². The Kier molecular flexibility index (Phi) is 16.2. The molecular formula is C27H41N9O14. The number of primary amides is 2. The number of carboxylic acid groups (broad SMARTS) is 3.